The van der Waals surface area contributed by atoms with Crippen LogP contribution in [-0.2, 0) is 19.8 Å². The first-order valence-corrected chi connectivity index (χ1v) is 13.8. The van der Waals surface area contributed by atoms with Crippen LogP contribution in [0.3, 0.4) is 0 Å². The molecule has 3 aromatic carbocycles. The van der Waals surface area contributed by atoms with Gasteiger partial charge < -0.3 is 20.5 Å². The number of aliphatic carboxylic acids is 1. The third-order valence-electron chi connectivity index (χ3n) is 7.53. The van der Waals surface area contributed by atoms with Gasteiger partial charge in [0.05, 0.1) is 6.04 Å². The largest absolute Gasteiger partial charge is 0.478 e. The Morgan fingerprint density at radius 2 is 1.74 bits per heavy atom. The number of benzene rings is 3. The number of anilines is 1. The Morgan fingerprint density at radius 3 is 2.46 bits per heavy atom. The molecule has 0 radical (unpaired) electrons. The molecular weight excluding hydrogens is 607 g/mol. The van der Waals surface area contributed by atoms with Gasteiger partial charge in [-0.1, -0.05) is 51.3 Å². The van der Waals surface area contributed by atoms with Crippen LogP contribution in [0, 0.1) is 6.92 Å². The number of carbonyl (C=O) groups excluding carboxylic acids is 2. The highest BCUT2D eigenvalue weighted by molar-refractivity contribution is 9.10. The van der Waals surface area contributed by atoms with E-state index in [4.69, 9.17) is 27.9 Å². The first-order chi connectivity index (χ1) is 18.3. The van der Waals surface area contributed by atoms with Gasteiger partial charge >= 0.3 is 5.97 Å². The van der Waals surface area contributed by atoms with Gasteiger partial charge in [0.2, 0.25) is 11.8 Å². The molecule has 5 rings (SSSR count). The first kappa shape index (κ1) is 27.5. The van der Waals surface area contributed by atoms with E-state index < -0.39 is 28.9 Å². The maximum absolute atomic E-state index is 14.3. The summed E-state index contributed by atoms with van der Waals surface area (Å²) in [5, 5.41) is 16.8. The minimum Gasteiger partial charge on any atom is -0.478 e. The molecule has 2 aliphatic rings. The maximum atomic E-state index is 14.3. The van der Waals surface area contributed by atoms with Crippen molar-refractivity contribution in [2.45, 2.75) is 50.2 Å². The smallest absolute Gasteiger partial charge is 0.347 e. The number of carboxylic acid groups (broad SMARTS) is 1. The second kappa shape index (κ2) is 9.84. The number of hydrogen-bond donors (Lipinski definition) is 3. The van der Waals surface area contributed by atoms with Crippen molar-refractivity contribution in [1.82, 2.24) is 5.32 Å². The maximum Gasteiger partial charge on any atom is 0.347 e. The van der Waals surface area contributed by atoms with Gasteiger partial charge in [0, 0.05) is 38.1 Å². The highest BCUT2D eigenvalue weighted by Gasteiger charge is 2.62. The molecule has 0 aromatic heterocycles. The number of rotatable bonds is 5. The summed E-state index contributed by atoms with van der Waals surface area (Å²) in [6, 6.07) is 14.9. The van der Waals surface area contributed by atoms with Crippen LogP contribution in [0.25, 0.3) is 0 Å². The summed E-state index contributed by atoms with van der Waals surface area (Å²) in [5.41, 5.74) is 0.362. The van der Waals surface area contributed by atoms with Crippen LogP contribution in [0.15, 0.2) is 59.1 Å². The predicted molar refractivity (Wildman–Crippen MR) is 153 cm³/mol. The van der Waals surface area contributed by atoms with Crippen molar-refractivity contribution in [3.63, 3.8) is 0 Å². The Kier molecular flexibility index (Phi) is 6.94. The fraction of sp³-hybridized carbons (Fsp3) is 0.276. The summed E-state index contributed by atoms with van der Waals surface area (Å²) in [6.45, 7) is 4.79. The lowest BCUT2D eigenvalue weighted by atomic mass is 9.59. The summed E-state index contributed by atoms with van der Waals surface area (Å²) in [5.74, 6) is -2.22. The number of piperidine rings is 1. The van der Waals surface area contributed by atoms with Crippen LogP contribution in [-0.4, -0.2) is 28.5 Å². The summed E-state index contributed by atoms with van der Waals surface area (Å²) in [6.07, 6.45) is -0.0497. The minimum absolute atomic E-state index is 0.0497. The second-order valence-corrected chi connectivity index (χ2v) is 12.2. The van der Waals surface area contributed by atoms with Gasteiger partial charge in [0.15, 0.2) is 5.60 Å². The van der Waals surface area contributed by atoms with Gasteiger partial charge in [0.1, 0.15) is 11.2 Å². The Hall–Kier alpha value is -3.07. The van der Waals surface area contributed by atoms with Gasteiger partial charge in [-0.3, -0.25) is 9.59 Å². The molecule has 10 heteroatoms. The van der Waals surface area contributed by atoms with Crippen molar-refractivity contribution in [3.05, 3.63) is 91.4 Å². The van der Waals surface area contributed by atoms with Gasteiger partial charge in [-0.05, 0) is 79.9 Å². The zero-order chi connectivity index (χ0) is 28.3. The van der Waals surface area contributed by atoms with E-state index in [-0.39, 0.29) is 24.0 Å². The van der Waals surface area contributed by atoms with E-state index in [9.17, 15) is 19.5 Å². The molecule has 2 aliphatic heterocycles. The minimum atomic E-state index is -1.57. The molecule has 1 spiro atoms. The van der Waals surface area contributed by atoms with E-state index in [2.05, 4.69) is 26.6 Å². The molecule has 7 nitrogen and oxygen atoms in total. The third kappa shape index (κ3) is 4.58. The highest BCUT2D eigenvalue weighted by Crippen LogP contribution is 2.59. The standard InChI is InChI=1S/C29H25BrCl2N2O5/c1-14-4-6-16(31)11-18(14)25-29(20-8-7-17(32)12-22(20)33-26(29)36)21(13-24(35)34-25)19-10-15(30)5-9-23(19)39-28(2,3)27(37)38/h4-12,21,25H,13H2,1-3H3,(H,33,36)(H,34,35)(H,37,38)/t21-,25+,29-/m0/s1. The molecule has 0 bridgehead atoms. The molecule has 39 heavy (non-hydrogen) atoms. The van der Waals surface area contributed by atoms with E-state index in [1.807, 2.05) is 13.0 Å². The number of aryl methyl sites for hydroxylation is 1. The number of nitrogens with one attached hydrogen (secondary N) is 2. The van der Waals surface area contributed by atoms with Crippen molar-refractivity contribution in [2.24, 2.45) is 0 Å². The molecule has 2 heterocycles. The quantitative estimate of drug-likeness (QED) is 0.297. The molecule has 0 saturated carbocycles. The van der Waals surface area contributed by atoms with E-state index in [0.29, 0.717) is 36.9 Å². The van der Waals surface area contributed by atoms with E-state index in [1.54, 1.807) is 48.5 Å². The number of fused-ring (bicyclic) bond motifs is 2. The third-order valence-corrected chi connectivity index (χ3v) is 8.49. The summed E-state index contributed by atoms with van der Waals surface area (Å²) >= 11 is 16.2. The zero-order valence-corrected chi connectivity index (χ0v) is 24.4. The topological polar surface area (TPSA) is 105 Å². The lowest BCUT2D eigenvalue weighted by Gasteiger charge is -2.47. The molecule has 202 valence electrons. The SMILES string of the molecule is Cc1ccc(Cl)cc1[C@H]1NC(=O)C[C@@H](c2cc(Br)ccc2OC(C)(C)C(=O)O)[C@]12C(=O)Nc1cc(Cl)ccc12. The Bertz CT molecular complexity index is 1540. The normalized spacial score (nSPS) is 22.3. The molecule has 0 unspecified atom stereocenters. The van der Waals surface area contributed by atoms with Crippen molar-refractivity contribution < 1.29 is 24.2 Å². The van der Waals surface area contributed by atoms with Crippen LogP contribution in [0.4, 0.5) is 5.69 Å². The van der Waals surface area contributed by atoms with Crippen molar-refractivity contribution >= 4 is 62.6 Å². The Morgan fingerprint density at radius 1 is 1.05 bits per heavy atom. The number of amides is 2. The number of carboxylic acids is 1. The van der Waals surface area contributed by atoms with Gasteiger partial charge in [-0.25, -0.2) is 4.79 Å². The lowest BCUT2D eigenvalue weighted by molar-refractivity contribution is -0.152. The first-order valence-electron chi connectivity index (χ1n) is 12.2. The number of carbonyl (C=O) groups is 3. The molecule has 3 aromatic rings. The van der Waals surface area contributed by atoms with Crippen LogP contribution in [0.5, 0.6) is 5.75 Å². The summed E-state index contributed by atoms with van der Waals surface area (Å²) < 4.78 is 6.73. The highest BCUT2D eigenvalue weighted by atomic mass is 79.9. The van der Waals surface area contributed by atoms with Crippen molar-refractivity contribution in [2.75, 3.05) is 5.32 Å². The molecule has 3 atom stereocenters. The Labute approximate surface area is 244 Å². The van der Waals surface area contributed by atoms with Crippen LogP contribution in [0.2, 0.25) is 10.0 Å². The molecule has 0 aliphatic carbocycles. The molecule has 1 fully saturated rings. The second-order valence-electron chi connectivity index (χ2n) is 10.4. The van der Waals surface area contributed by atoms with E-state index in [0.717, 1.165) is 5.56 Å². The number of ether oxygens (including phenoxy) is 1. The van der Waals surface area contributed by atoms with Gasteiger partial charge in [-0.2, -0.15) is 0 Å². The summed E-state index contributed by atoms with van der Waals surface area (Å²) in [7, 11) is 0. The average molecular weight is 632 g/mol. The summed E-state index contributed by atoms with van der Waals surface area (Å²) in [4.78, 5) is 39.6. The monoisotopic (exact) mass is 630 g/mol. The van der Waals surface area contributed by atoms with Crippen molar-refractivity contribution in [3.8, 4) is 5.75 Å². The fourth-order valence-corrected chi connectivity index (χ4v) is 6.38. The molecule has 2 amide bonds. The number of hydrogen-bond acceptors (Lipinski definition) is 4. The number of halogens is 3. The fourth-order valence-electron chi connectivity index (χ4n) is 5.65. The van der Waals surface area contributed by atoms with Crippen LogP contribution in [0.1, 0.15) is 54.5 Å². The Balaban J connectivity index is 1.82. The van der Waals surface area contributed by atoms with Crippen LogP contribution >= 0.6 is 39.1 Å². The van der Waals surface area contributed by atoms with E-state index >= 15 is 0 Å². The van der Waals surface area contributed by atoms with E-state index in [1.165, 1.54) is 13.8 Å². The van der Waals surface area contributed by atoms with Crippen molar-refractivity contribution in [1.29, 1.82) is 0 Å². The molecule has 3 N–H and O–H groups in total. The molecular formula is C29H25BrCl2N2O5. The average Bonchev–Trinajstić information content (AvgIpc) is 3.14. The molecule has 1 saturated heterocycles. The lowest BCUT2D eigenvalue weighted by Crippen LogP contribution is -2.57. The van der Waals surface area contributed by atoms with Gasteiger partial charge in [-0.15, -0.1) is 0 Å². The van der Waals surface area contributed by atoms with Crippen LogP contribution < -0.4 is 15.4 Å². The van der Waals surface area contributed by atoms with Gasteiger partial charge in [0.25, 0.3) is 0 Å². The predicted octanol–water partition coefficient (Wildman–Crippen LogP) is 6.54. The zero-order valence-electron chi connectivity index (χ0n) is 21.3.